The van der Waals surface area contributed by atoms with Crippen LogP contribution in [0, 0.1) is 10.1 Å². The average molecular weight is 349 g/mol. The molecule has 6 nitrogen and oxygen atoms in total. The van der Waals surface area contributed by atoms with Crippen molar-refractivity contribution in [2.45, 2.75) is 13.0 Å². The number of anilines is 2. The topological polar surface area (TPSA) is 85.3 Å². The molecule has 1 aliphatic rings. The SMILES string of the molecule is Nc1cccc2c1CN(c1c(Br)cncc1[N+](=O)[O-])CC2. The van der Waals surface area contributed by atoms with E-state index in [9.17, 15) is 10.1 Å². The zero-order chi connectivity index (χ0) is 15.0. The molecule has 0 fully saturated rings. The molecule has 0 saturated carbocycles. The molecule has 1 aliphatic heterocycles. The minimum absolute atomic E-state index is 0.00216. The maximum Gasteiger partial charge on any atom is 0.311 e. The summed E-state index contributed by atoms with van der Waals surface area (Å²) >= 11 is 3.37. The van der Waals surface area contributed by atoms with Crippen molar-refractivity contribution in [3.8, 4) is 0 Å². The van der Waals surface area contributed by atoms with Crippen molar-refractivity contribution in [2.75, 3.05) is 17.2 Å². The molecular formula is C14H13BrN4O2. The zero-order valence-corrected chi connectivity index (χ0v) is 12.7. The van der Waals surface area contributed by atoms with E-state index < -0.39 is 4.92 Å². The van der Waals surface area contributed by atoms with Crippen molar-refractivity contribution >= 4 is 33.0 Å². The molecule has 0 atom stereocenters. The molecule has 0 aliphatic carbocycles. The Morgan fingerprint density at radius 3 is 2.95 bits per heavy atom. The largest absolute Gasteiger partial charge is 0.398 e. The van der Waals surface area contributed by atoms with Crippen LogP contribution in [-0.2, 0) is 13.0 Å². The number of benzene rings is 1. The van der Waals surface area contributed by atoms with Gasteiger partial charge in [-0.1, -0.05) is 12.1 Å². The maximum absolute atomic E-state index is 11.2. The Morgan fingerprint density at radius 2 is 2.19 bits per heavy atom. The molecule has 1 aromatic heterocycles. The normalized spacial score (nSPS) is 13.9. The van der Waals surface area contributed by atoms with Crippen LogP contribution in [0.15, 0.2) is 35.1 Å². The molecule has 1 aromatic carbocycles. The number of nitro groups is 1. The molecule has 3 rings (SSSR count). The van der Waals surface area contributed by atoms with Crippen LogP contribution >= 0.6 is 15.9 Å². The van der Waals surface area contributed by atoms with Gasteiger partial charge in [-0.25, -0.2) is 0 Å². The van der Waals surface area contributed by atoms with Crippen LogP contribution in [0.3, 0.4) is 0 Å². The van der Waals surface area contributed by atoms with Crippen LogP contribution in [0.2, 0.25) is 0 Å². The number of rotatable bonds is 2. The van der Waals surface area contributed by atoms with E-state index in [1.54, 1.807) is 6.20 Å². The molecule has 2 N–H and O–H groups in total. The van der Waals surface area contributed by atoms with Gasteiger partial charge in [-0.15, -0.1) is 0 Å². The number of nitrogens with two attached hydrogens (primary N) is 1. The molecule has 0 spiro atoms. The third-order valence-electron chi connectivity index (χ3n) is 3.68. The van der Waals surface area contributed by atoms with E-state index in [1.807, 2.05) is 17.0 Å². The molecule has 2 aromatic rings. The van der Waals surface area contributed by atoms with Gasteiger partial charge in [-0.3, -0.25) is 15.1 Å². The molecular weight excluding hydrogens is 336 g/mol. The minimum atomic E-state index is -0.406. The third kappa shape index (κ3) is 2.44. The molecule has 0 amide bonds. The first-order valence-corrected chi connectivity index (χ1v) is 7.26. The number of nitrogens with zero attached hydrogens (tertiary/aromatic N) is 3. The molecule has 0 radical (unpaired) electrons. The van der Waals surface area contributed by atoms with Crippen LogP contribution in [0.25, 0.3) is 0 Å². The molecule has 0 saturated heterocycles. The smallest absolute Gasteiger partial charge is 0.311 e. The number of pyridine rings is 1. The van der Waals surface area contributed by atoms with Crippen LogP contribution in [-0.4, -0.2) is 16.5 Å². The number of hydrogen-bond acceptors (Lipinski definition) is 5. The summed E-state index contributed by atoms with van der Waals surface area (Å²) in [6.45, 7) is 1.27. The summed E-state index contributed by atoms with van der Waals surface area (Å²) in [6, 6.07) is 5.85. The van der Waals surface area contributed by atoms with Gasteiger partial charge in [0, 0.05) is 25.0 Å². The summed E-state index contributed by atoms with van der Waals surface area (Å²) in [5.74, 6) is 0. The Bertz CT molecular complexity index is 720. The number of aromatic nitrogens is 1. The van der Waals surface area contributed by atoms with E-state index >= 15 is 0 Å². The van der Waals surface area contributed by atoms with E-state index in [1.165, 1.54) is 11.8 Å². The lowest BCUT2D eigenvalue weighted by Crippen LogP contribution is -2.31. The Kier molecular flexibility index (Phi) is 3.50. The molecule has 0 bridgehead atoms. The second kappa shape index (κ2) is 5.33. The first-order valence-electron chi connectivity index (χ1n) is 6.47. The fraction of sp³-hybridized carbons (Fsp3) is 0.214. The third-order valence-corrected chi connectivity index (χ3v) is 4.26. The number of halogens is 1. The average Bonchev–Trinajstić information content (AvgIpc) is 2.47. The van der Waals surface area contributed by atoms with Gasteiger partial charge in [-0.2, -0.15) is 0 Å². The minimum Gasteiger partial charge on any atom is -0.398 e. The van der Waals surface area contributed by atoms with Crippen molar-refractivity contribution < 1.29 is 4.92 Å². The van der Waals surface area contributed by atoms with Crippen LogP contribution in [0.5, 0.6) is 0 Å². The number of nitrogen functional groups attached to an aromatic ring is 1. The lowest BCUT2D eigenvalue weighted by molar-refractivity contribution is -0.384. The standard InChI is InChI=1S/C14H13BrN4O2/c15-11-6-17-7-13(19(20)21)14(11)18-5-4-9-2-1-3-12(16)10(9)8-18/h1-3,6-7H,4-5,8,16H2. The van der Waals surface area contributed by atoms with Crippen molar-refractivity contribution in [3.05, 3.63) is 56.3 Å². The highest BCUT2D eigenvalue weighted by molar-refractivity contribution is 9.10. The van der Waals surface area contributed by atoms with Gasteiger partial charge in [0.1, 0.15) is 11.9 Å². The summed E-state index contributed by atoms with van der Waals surface area (Å²) in [4.78, 5) is 16.7. The van der Waals surface area contributed by atoms with Crippen molar-refractivity contribution in [2.24, 2.45) is 0 Å². The highest BCUT2D eigenvalue weighted by Gasteiger charge is 2.26. The lowest BCUT2D eigenvalue weighted by atomic mass is 9.97. The monoisotopic (exact) mass is 348 g/mol. The van der Waals surface area contributed by atoms with E-state index in [2.05, 4.69) is 27.0 Å². The summed E-state index contributed by atoms with van der Waals surface area (Å²) in [5, 5.41) is 11.2. The summed E-state index contributed by atoms with van der Waals surface area (Å²) in [5.41, 5.74) is 9.57. The predicted molar refractivity (Wildman–Crippen MR) is 84.2 cm³/mol. The van der Waals surface area contributed by atoms with E-state index in [-0.39, 0.29) is 5.69 Å². The van der Waals surface area contributed by atoms with Gasteiger partial charge >= 0.3 is 5.69 Å². The fourth-order valence-corrected chi connectivity index (χ4v) is 3.23. The van der Waals surface area contributed by atoms with Gasteiger partial charge in [0.25, 0.3) is 0 Å². The van der Waals surface area contributed by atoms with Crippen molar-refractivity contribution in [1.29, 1.82) is 0 Å². The van der Waals surface area contributed by atoms with Gasteiger partial charge in [0.05, 0.1) is 9.40 Å². The molecule has 21 heavy (non-hydrogen) atoms. The predicted octanol–water partition coefficient (Wildman–Crippen LogP) is 2.90. The van der Waals surface area contributed by atoms with Crippen molar-refractivity contribution in [1.82, 2.24) is 4.98 Å². The molecule has 108 valence electrons. The second-order valence-electron chi connectivity index (χ2n) is 4.90. The maximum atomic E-state index is 11.2. The number of fused-ring (bicyclic) bond motifs is 1. The first kappa shape index (κ1) is 13.8. The highest BCUT2D eigenvalue weighted by atomic mass is 79.9. The Labute approximate surface area is 129 Å². The van der Waals surface area contributed by atoms with E-state index in [0.717, 1.165) is 17.7 Å². The Morgan fingerprint density at radius 1 is 1.38 bits per heavy atom. The van der Waals surface area contributed by atoms with Gasteiger partial charge < -0.3 is 10.6 Å². The highest BCUT2D eigenvalue weighted by Crippen LogP contribution is 2.38. The van der Waals surface area contributed by atoms with Gasteiger partial charge in [-0.05, 0) is 39.5 Å². The summed E-state index contributed by atoms with van der Waals surface area (Å²) < 4.78 is 0.620. The lowest BCUT2D eigenvalue weighted by Gasteiger charge is -2.31. The zero-order valence-electron chi connectivity index (χ0n) is 11.1. The molecule has 2 heterocycles. The van der Waals surface area contributed by atoms with Gasteiger partial charge in [0.15, 0.2) is 0 Å². The molecule has 0 unspecified atom stereocenters. The van der Waals surface area contributed by atoms with E-state index in [4.69, 9.17) is 5.73 Å². The van der Waals surface area contributed by atoms with E-state index in [0.29, 0.717) is 23.2 Å². The summed E-state index contributed by atoms with van der Waals surface area (Å²) in [7, 11) is 0. The first-order chi connectivity index (χ1) is 10.1. The Balaban J connectivity index is 2.04. The van der Waals surface area contributed by atoms with Crippen LogP contribution in [0.4, 0.5) is 17.1 Å². The van der Waals surface area contributed by atoms with Crippen LogP contribution in [0.1, 0.15) is 11.1 Å². The fourth-order valence-electron chi connectivity index (χ4n) is 2.66. The Hall–Kier alpha value is -2.15. The van der Waals surface area contributed by atoms with Crippen molar-refractivity contribution in [3.63, 3.8) is 0 Å². The number of hydrogen-bond donors (Lipinski definition) is 1. The second-order valence-corrected chi connectivity index (χ2v) is 5.76. The summed E-state index contributed by atoms with van der Waals surface area (Å²) in [6.07, 6.45) is 3.67. The quantitative estimate of drug-likeness (QED) is 0.512. The molecule has 7 heteroatoms. The van der Waals surface area contributed by atoms with Gasteiger partial charge in [0.2, 0.25) is 0 Å². The van der Waals surface area contributed by atoms with Crippen LogP contribution < -0.4 is 10.6 Å².